The van der Waals surface area contributed by atoms with Crippen LogP contribution in [0.25, 0.3) is 0 Å². The van der Waals surface area contributed by atoms with Gasteiger partial charge in [0.05, 0.1) is 0 Å². The van der Waals surface area contributed by atoms with E-state index in [0.29, 0.717) is 0 Å². The van der Waals surface area contributed by atoms with Crippen molar-refractivity contribution < 1.29 is 25.9 Å². The average molecular weight is 271 g/mol. The van der Waals surface area contributed by atoms with Gasteiger partial charge in [-0.3, -0.25) is 9.11 Å². The Balaban J connectivity index is 3.19. The lowest BCUT2D eigenvalue weighted by atomic mass is 9.91. The summed E-state index contributed by atoms with van der Waals surface area (Å²) in [6, 6.07) is 0. The lowest BCUT2D eigenvalue weighted by Crippen LogP contribution is -2.54. The third-order valence-electron chi connectivity index (χ3n) is 2.76. The molecule has 94 valence electrons. The van der Waals surface area contributed by atoms with Crippen LogP contribution in [0.3, 0.4) is 0 Å². The van der Waals surface area contributed by atoms with Crippen molar-refractivity contribution in [1.82, 2.24) is 0 Å². The summed E-state index contributed by atoms with van der Waals surface area (Å²) in [4.78, 5) is -2.01. The summed E-state index contributed by atoms with van der Waals surface area (Å²) in [5.74, 6) is -0.834. The zero-order valence-electron chi connectivity index (χ0n) is 8.44. The second-order valence-electron chi connectivity index (χ2n) is 3.88. The number of rotatable bonds is 2. The Kier molecular flexibility index (Phi) is 3.20. The van der Waals surface area contributed by atoms with Crippen molar-refractivity contribution in [2.75, 3.05) is 0 Å². The maximum absolute atomic E-state index is 11.0. The van der Waals surface area contributed by atoms with Gasteiger partial charge in [-0.1, -0.05) is 13.0 Å². The Morgan fingerprint density at radius 3 is 2.12 bits per heavy atom. The molecule has 9 heteroatoms. The van der Waals surface area contributed by atoms with Gasteiger partial charge in [0, 0.05) is 0 Å². The molecule has 1 rings (SSSR count). The first-order valence-corrected chi connectivity index (χ1v) is 7.34. The van der Waals surface area contributed by atoms with Gasteiger partial charge in [-0.15, -0.1) is 0 Å². The normalized spacial score (nSPS) is 36.2. The van der Waals surface area contributed by atoms with Crippen LogP contribution < -0.4 is 5.73 Å². The minimum absolute atomic E-state index is 0.175. The molecule has 0 aromatic heterocycles. The van der Waals surface area contributed by atoms with Crippen molar-refractivity contribution in [2.24, 2.45) is 11.7 Å². The van der Waals surface area contributed by atoms with Gasteiger partial charge in [-0.25, -0.2) is 0 Å². The Bertz CT molecular complexity index is 507. The van der Waals surface area contributed by atoms with E-state index < -0.39 is 36.3 Å². The van der Waals surface area contributed by atoms with Crippen molar-refractivity contribution in [2.45, 2.75) is 23.5 Å². The molecule has 0 aromatic rings. The molecule has 0 spiro atoms. The van der Waals surface area contributed by atoms with Crippen LogP contribution in [0, 0.1) is 5.92 Å². The first-order valence-electron chi connectivity index (χ1n) is 4.40. The maximum Gasteiger partial charge on any atom is 0.287 e. The number of nitrogens with two attached hydrogens (primary N) is 1. The van der Waals surface area contributed by atoms with Gasteiger partial charge in [0.15, 0.2) is 4.87 Å². The summed E-state index contributed by atoms with van der Waals surface area (Å²) < 4.78 is 61.5. The van der Waals surface area contributed by atoms with Gasteiger partial charge in [0.25, 0.3) is 20.2 Å². The van der Waals surface area contributed by atoms with Crippen molar-refractivity contribution >= 4 is 20.2 Å². The fraction of sp³-hybridized carbons (Fsp3) is 0.714. The molecule has 3 unspecified atom stereocenters. The molecular formula is C7H13NO6S2. The lowest BCUT2D eigenvalue weighted by molar-refractivity contribution is 0.358. The minimum atomic E-state index is -4.53. The molecule has 0 bridgehead atoms. The predicted molar refractivity (Wildman–Crippen MR) is 56.7 cm³/mol. The summed E-state index contributed by atoms with van der Waals surface area (Å²) in [6.45, 7) is 1.38. The Labute approximate surface area is 93.8 Å². The molecule has 0 saturated heterocycles. The second kappa shape index (κ2) is 3.77. The van der Waals surface area contributed by atoms with Gasteiger partial charge in [-0.2, -0.15) is 16.8 Å². The van der Waals surface area contributed by atoms with Gasteiger partial charge in [-0.05, 0) is 18.4 Å². The number of hydrogen-bond acceptors (Lipinski definition) is 5. The highest BCUT2D eigenvalue weighted by molar-refractivity contribution is 7.87. The molecule has 0 aliphatic heterocycles. The van der Waals surface area contributed by atoms with Crippen LogP contribution in [0.4, 0.5) is 0 Å². The van der Waals surface area contributed by atoms with E-state index in [1.54, 1.807) is 0 Å². The highest BCUT2D eigenvalue weighted by Gasteiger charge is 2.46. The van der Waals surface area contributed by atoms with Crippen molar-refractivity contribution in [3.05, 3.63) is 12.2 Å². The average Bonchev–Trinajstić information content (AvgIpc) is 2.05. The van der Waals surface area contributed by atoms with E-state index in [2.05, 4.69) is 0 Å². The summed E-state index contributed by atoms with van der Waals surface area (Å²) in [7, 11) is -8.80. The van der Waals surface area contributed by atoms with Crippen LogP contribution in [-0.4, -0.2) is 36.1 Å². The zero-order valence-corrected chi connectivity index (χ0v) is 10.1. The molecule has 0 heterocycles. The third-order valence-corrected chi connectivity index (χ3v) is 5.30. The Morgan fingerprint density at radius 1 is 1.31 bits per heavy atom. The Morgan fingerprint density at radius 2 is 1.81 bits per heavy atom. The highest BCUT2D eigenvalue weighted by Crippen LogP contribution is 2.32. The lowest BCUT2D eigenvalue weighted by Gasteiger charge is -2.34. The molecule has 0 saturated carbocycles. The summed E-state index contributed by atoms with van der Waals surface area (Å²) in [6.07, 6.45) is 1.70. The molecule has 0 radical (unpaired) electrons. The molecule has 0 aromatic carbocycles. The van der Waals surface area contributed by atoms with Crippen molar-refractivity contribution in [1.29, 1.82) is 0 Å². The molecule has 16 heavy (non-hydrogen) atoms. The maximum atomic E-state index is 11.0. The van der Waals surface area contributed by atoms with Crippen molar-refractivity contribution in [3.8, 4) is 0 Å². The van der Waals surface area contributed by atoms with Crippen LogP contribution >= 0.6 is 0 Å². The summed E-state index contributed by atoms with van der Waals surface area (Å²) in [5.41, 5.74) is 5.48. The van der Waals surface area contributed by atoms with E-state index in [0.717, 1.165) is 12.2 Å². The summed E-state index contributed by atoms with van der Waals surface area (Å²) in [5, 5.41) is -1.19. The van der Waals surface area contributed by atoms with E-state index in [1.807, 2.05) is 0 Å². The van der Waals surface area contributed by atoms with E-state index >= 15 is 0 Å². The molecule has 1 aliphatic rings. The smallest absolute Gasteiger partial charge is 0.287 e. The predicted octanol–water partition coefficient (Wildman–Crippen LogP) is -0.618. The zero-order chi connectivity index (χ0) is 12.8. The molecule has 4 N–H and O–H groups in total. The molecule has 0 fully saturated rings. The minimum Gasteiger partial charge on any atom is -0.307 e. The van der Waals surface area contributed by atoms with Crippen molar-refractivity contribution in [3.63, 3.8) is 0 Å². The van der Waals surface area contributed by atoms with Gasteiger partial charge in [0.2, 0.25) is 0 Å². The van der Waals surface area contributed by atoms with Crippen LogP contribution in [0.15, 0.2) is 12.2 Å². The SMILES string of the molecule is CC1CC(S(=O)(=O)O)C=CC1(N)S(=O)(=O)O. The first-order chi connectivity index (χ1) is 6.98. The molecule has 7 nitrogen and oxygen atoms in total. The monoisotopic (exact) mass is 271 g/mol. The molecule has 1 aliphatic carbocycles. The van der Waals surface area contributed by atoms with Gasteiger partial charge < -0.3 is 5.73 Å². The standard InChI is InChI=1S/C7H13NO6S2/c1-5-4-6(15(9,10)11)2-3-7(5,8)16(12,13)14/h2-3,5-6H,4,8H2,1H3,(H,9,10,11)(H,12,13,14). The Hall–Kier alpha value is -0.480. The fourth-order valence-electron chi connectivity index (χ4n) is 1.59. The van der Waals surface area contributed by atoms with Gasteiger partial charge >= 0.3 is 0 Å². The van der Waals surface area contributed by atoms with E-state index in [1.165, 1.54) is 6.92 Å². The number of hydrogen-bond donors (Lipinski definition) is 3. The van der Waals surface area contributed by atoms with E-state index in [-0.39, 0.29) is 6.42 Å². The van der Waals surface area contributed by atoms with Crippen LogP contribution in [0.2, 0.25) is 0 Å². The highest BCUT2D eigenvalue weighted by atomic mass is 32.2. The largest absolute Gasteiger partial charge is 0.307 e. The molecule has 0 amide bonds. The first kappa shape index (κ1) is 13.6. The van der Waals surface area contributed by atoms with E-state index in [9.17, 15) is 16.8 Å². The van der Waals surface area contributed by atoms with Crippen LogP contribution in [0.5, 0.6) is 0 Å². The summed E-state index contributed by atoms with van der Waals surface area (Å²) >= 11 is 0. The molecule has 3 atom stereocenters. The van der Waals surface area contributed by atoms with E-state index in [4.69, 9.17) is 14.8 Å². The quantitative estimate of drug-likeness (QED) is 0.450. The van der Waals surface area contributed by atoms with Crippen LogP contribution in [0.1, 0.15) is 13.3 Å². The topological polar surface area (TPSA) is 135 Å². The molecular weight excluding hydrogens is 258 g/mol. The van der Waals surface area contributed by atoms with Crippen LogP contribution in [-0.2, 0) is 20.2 Å². The fourth-order valence-corrected chi connectivity index (χ4v) is 3.26. The second-order valence-corrected chi connectivity index (χ2v) is 7.17. The third kappa shape index (κ3) is 2.28. The van der Waals surface area contributed by atoms with Gasteiger partial charge in [0.1, 0.15) is 5.25 Å².